The first-order valence-electron chi connectivity index (χ1n) is 7.06. The molecule has 1 aromatic heterocycles. The summed E-state index contributed by atoms with van der Waals surface area (Å²) in [5.74, 6) is -2.27. The van der Waals surface area contributed by atoms with Gasteiger partial charge in [-0.3, -0.25) is 0 Å². The number of furan rings is 1. The van der Waals surface area contributed by atoms with E-state index in [2.05, 4.69) is 5.32 Å². The van der Waals surface area contributed by atoms with Crippen molar-refractivity contribution in [2.75, 3.05) is 13.2 Å². The van der Waals surface area contributed by atoms with E-state index in [0.717, 1.165) is 25.3 Å². The van der Waals surface area contributed by atoms with Crippen LogP contribution in [-0.2, 0) is 16.1 Å². The molecule has 0 bridgehead atoms. The molecule has 1 heterocycles. The van der Waals surface area contributed by atoms with E-state index in [4.69, 9.17) is 29.0 Å². The molecule has 130 valence electrons. The molecular formula is C16H18FNO6. The lowest BCUT2D eigenvalue weighted by molar-refractivity contribution is -0.159. The number of aliphatic carboxylic acids is 2. The van der Waals surface area contributed by atoms with Crippen molar-refractivity contribution in [2.24, 2.45) is 0 Å². The molecule has 0 aliphatic rings. The molecule has 0 aliphatic heterocycles. The van der Waals surface area contributed by atoms with E-state index < -0.39 is 11.9 Å². The number of carboxylic acids is 2. The highest BCUT2D eigenvalue weighted by Gasteiger charge is 2.04. The maximum atomic E-state index is 12.6. The zero-order valence-electron chi connectivity index (χ0n) is 12.8. The van der Waals surface area contributed by atoms with Crippen LogP contribution in [0.25, 0.3) is 0 Å². The zero-order valence-corrected chi connectivity index (χ0v) is 12.8. The highest BCUT2D eigenvalue weighted by Crippen LogP contribution is 2.10. The molecule has 0 spiro atoms. The van der Waals surface area contributed by atoms with Gasteiger partial charge in [0.15, 0.2) is 0 Å². The molecule has 1 aromatic carbocycles. The number of carboxylic acid groups (broad SMARTS) is 2. The van der Waals surface area contributed by atoms with Crippen LogP contribution < -0.4 is 10.1 Å². The van der Waals surface area contributed by atoms with Gasteiger partial charge in [-0.15, -0.1) is 0 Å². The maximum absolute atomic E-state index is 12.6. The van der Waals surface area contributed by atoms with Gasteiger partial charge in [0.2, 0.25) is 0 Å². The molecule has 24 heavy (non-hydrogen) atoms. The van der Waals surface area contributed by atoms with Gasteiger partial charge in [-0.1, -0.05) is 0 Å². The molecular weight excluding hydrogens is 321 g/mol. The normalized spacial score (nSPS) is 9.71. The van der Waals surface area contributed by atoms with Crippen molar-refractivity contribution >= 4 is 11.9 Å². The van der Waals surface area contributed by atoms with Gasteiger partial charge in [0.1, 0.15) is 17.3 Å². The van der Waals surface area contributed by atoms with Crippen LogP contribution in [-0.4, -0.2) is 35.3 Å². The Morgan fingerprint density at radius 3 is 2.33 bits per heavy atom. The summed E-state index contributed by atoms with van der Waals surface area (Å²) >= 11 is 0. The third kappa shape index (κ3) is 8.54. The van der Waals surface area contributed by atoms with E-state index in [1.54, 1.807) is 18.4 Å². The van der Waals surface area contributed by atoms with Crippen molar-refractivity contribution in [1.29, 1.82) is 0 Å². The maximum Gasteiger partial charge on any atom is 0.414 e. The monoisotopic (exact) mass is 339 g/mol. The van der Waals surface area contributed by atoms with Crippen molar-refractivity contribution in [3.05, 3.63) is 54.2 Å². The molecule has 0 atom stereocenters. The fourth-order valence-electron chi connectivity index (χ4n) is 1.54. The molecule has 0 saturated heterocycles. The third-order valence-corrected chi connectivity index (χ3v) is 2.64. The number of benzene rings is 1. The number of hydrogen-bond acceptors (Lipinski definition) is 5. The van der Waals surface area contributed by atoms with E-state index in [0.29, 0.717) is 12.4 Å². The second-order valence-electron chi connectivity index (χ2n) is 4.52. The number of halogens is 1. The fourth-order valence-corrected chi connectivity index (χ4v) is 1.54. The van der Waals surface area contributed by atoms with Crippen LogP contribution in [0.1, 0.15) is 12.2 Å². The summed E-state index contributed by atoms with van der Waals surface area (Å²) in [6.45, 7) is 2.18. The summed E-state index contributed by atoms with van der Waals surface area (Å²) in [6, 6.07) is 9.85. The van der Waals surface area contributed by atoms with Crippen LogP contribution in [0.3, 0.4) is 0 Å². The highest BCUT2D eigenvalue weighted by molar-refractivity contribution is 6.27. The first kappa shape index (κ1) is 19.2. The molecule has 8 heteroatoms. The number of carbonyl (C=O) groups is 2. The van der Waals surface area contributed by atoms with Crippen LogP contribution in [0.15, 0.2) is 47.1 Å². The molecule has 0 aliphatic carbocycles. The Balaban J connectivity index is 0.000000413. The Morgan fingerprint density at radius 2 is 1.79 bits per heavy atom. The summed E-state index contributed by atoms with van der Waals surface area (Å²) in [4.78, 5) is 18.2. The van der Waals surface area contributed by atoms with Gasteiger partial charge in [0.25, 0.3) is 0 Å². The van der Waals surface area contributed by atoms with Crippen molar-refractivity contribution in [1.82, 2.24) is 5.32 Å². The quantitative estimate of drug-likeness (QED) is 0.524. The molecule has 0 unspecified atom stereocenters. The summed E-state index contributed by atoms with van der Waals surface area (Å²) in [5.41, 5.74) is 0. The predicted octanol–water partition coefficient (Wildman–Crippen LogP) is 2.13. The molecule has 0 radical (unpaired) electrons. The van der Waals surface area contributed by atoms with Crippen molar-refractivity contribution in [3.63, 3.8) is 0 Å². The van der Waals surface area contributed by atoms with Crippen LogP contribution >= 0.6 is 0 Å². The van der Waals surface area contributed by atoms with E-state index in [-0.39, 0.29) is 5.82 Å². The van der Waals surface area contributed by atoms with E-state index in [1.807, 2.05) is 12.1 Å². The van der Waals surface area contributed by atoms with Crippen LogP contribution in [0.4, 0.5) is 4.39 Å². The predicted molar refractivity (Wildman–Crippen MR) is 82.2 cm³/mol. The second-order valence-corrected chi connectivity index (χ2v) is 4.52. The van der Waals surface area contributed by atoms with Crippen molar-refractivity contribution in [3.8, 4) is 5.75 Å². The Hall–Kier alpha value is -2.87. The minimum Gasteiger partial charge on any atom is -0.494 e. The number of hydrogen-bond donors (Lipinski definition) is 3. The minimum atomic E-state index is -1.82. The van der Waals surface area contributed by atoms with E-state index in [1.165, 1.54) is 12.1 Å². The Labute approximate surface area is 137 Å². The van der Waals surface area contributed by atoms with Crippen LogP contribution in [0, 0.1) is 5.82 Å². The summed E-state index contributed by atoms with van der Waals surface area (Å²) in [6.07, 6.45) is 2.55. The largest absolute Gasteiger partial charge is 0.494 e. The summed E-state index contributed by atoms with van der Waals surface area (Å²) in [7, 11) is 0. The van der Waals surface area contributed by atoms with Crippen LogP contribution in [0.2, 0.25) is 0 Å². The van der Waals surface area contributed by atoms with Gasteiger partial charge in [-0.05, 0) is 49.4 Å². The lowest BCUT2D eigenvalue weighted by Gasteiger charge is -2.06. The van der Waals surface area contributed by atoms with Gasteiger partial charge in [-0.2, -0.15) is 0 Å². The first-order valence-corrected chi connectivity index (χ1v) is 7.06. The molecule has 3 N–H and O–H groups in total. The summed E-state index contributed by atoms with van der Waals surface area (Å²) in [5, 5.41) is 18.0. The highest BCUT2D eigenvalue weighted by atomic mass is 19.1. The van der Waals surface area contributed by atoms with Gasteiger partial charge in [0, 0.05) is 0 Å². The zero-order chi connectivity index (χ0) is 17.8. The van der Waals surface area contributed by atoms with Gasteiger partial charge >= 0.3 is 11.9 Å². The first-order chi connectivity index (χ1) is 11.5. The minimum absolute atomic E-state index is 0.248. The fraction of sp³-hybridized carbons (Fsp3) is 0.250. The molecule has 2 rings (SSSR count). The lowest BCUT2D eigenvalue weighted by Crippen LogP contribution is -2.16. The number of rotatable bonds is 7. The average molecular weight is 339 g/mol. The topological polar surface area (TPSA) is 109 Å². The van der Waals surface area contributed by atoms with Crippen molar-refractivity contribution < 1.29 is 33.3 Å². The average Bonchev–Trinajstić information content (AvgIpc) is 3.06. The molecule has 0 saturated carbocycles. The SMILES string of the molecule is Fc1ccc(OCCCNCc2ccco2)cc1.O=C(O)C(=O)O. The van der Waals surface area contributed by atoms with E-state index in [9.17, 15) is 4.39 Å². The third-order valence-electron chi connectivity index (χ3n) is 2.64. The van der Waals surface area contributed by atoms with Gasteiger partial charge in [-0.25, -0.2) is 14.0 Å². The number of nitrogens with one attached hydrogen (secondary N) is 1. The Morgan fingerprint density at radius 1 is 1.12 bits per heavy atom. The Kier molecular flexibility index (Phi) is 8.62. The van der Waals surface area contributed by atoms with Crippen LogP contribution in [0.5, 0.6) is 5.75 Å². The lowest BCUT2D eigenvalue weighted by atomic mass is 10.3. The van der Waals surface area contributed by atoms with E-state index >= 15 is 0 Å². The van der Waals surface area contributed by atoms with Gasteiger partial charge < -0.3 is 24.7 Å². The standard InChI is InChI=1S/C14H16FNO2.C2H2O4/c15-12-4-6-13(7-5-12)17-10-2-8-16-11-14-3-1-9-18-14;3-1(4)2(5)6/h1,3-7,9,16H,2,8,10-11H2;(H,3,4)(H,5,6). The molecule has 0 amide bonds. The smallest absolute Gasteiger partial charge is 0.414 e. The Bertz CT molecular complexity index is 600. The van der Waals surface area contributed by atoms with Gasteiger partial charge in [0.05, 0.1) is 19.4 Å². The summed E-state index contributed by atoms with van der Waals surface area (Å²) < 4.78 is 23.3. The molecule has 0 fully saturated rings. The molecule has 7 nitrogen and oxygen atoms in total. The second kappa shape index (κ2) is 10.8. The molecule has 2 aromatic rings. The number of ether oxygens (including phenoxy) is 1. The van der Waals surface area contributed by atoms with Crippen molar-refractivity contribution in [2.45, 2.75) is 13.0 Å².